The molecule has 0 atom stereocenters. The molecule has 142 valence electrons. The first-order valence-electron chi connectivity index (χ1n) is 10.5. The van der Waals surface area contributed by atoms with Gasteiger partial charge >= 0.3 is 0 Å². The first-order chi connectivity index (χ1) is 11.3. The highest BCUT2D eigenvalue weighted by molar-refractivity contribution is 4.47. The molecule has 0 aliphatic heterocycles. The zero-order chi connectivity index (χ0) is 17.4. The molecule has 0 unspecified atom stereocenters. The molecule has 0 saturated carbocycles. The van der Waals surface area contributed by atoms with E-state index in [1.165, 1.54) is 96.3 Å². The molecule has 0 fully saturated rings. The van der Waals surface area contributed by atoms with E-state index in [-0.39, 0.29) is 0 Å². The van der Waals surface area contributed by atoms with E-state index in [0.29, 0.717) is 13.2 Å². The van der Waals surface area contributed by atoms with Crippen LogP contribution in [-0.4, -0.2) is 23.4 Å². The molecule has 0 bridgehead atoms. The molecule has 2 heteroatoms. The minimum absolute atomic E-state index is 0.367. The van der Waals surface area contributed by atoms with Crippen molar-refractivity contribution >= 4 is 0 Å². The first kappa shape index (κ1) is 25.2. The van der Waals surface area contributed by atoms with Gasteiger partial charge in [0.25, 0.3) is 0 Å². The number of aliphatic hydroxyl groups excluding tert-OH is 2. The first-order valence-corrected chi connectivity index (χ1v) is 10.5. The van der Waals surface area contributed by atoms with Gasteiger partial charge in [-0.1, -0.05) is 110 Å². The number of hydrogen-bond donors (Lipinski definition) is 2. The molecule has 0 aromatic rings. The average Bonchev–Trinajstić information content (AvgIpc) is 2.57. The SMILES string of the molecule is CCCCCCCCCCCCCO.CCCCCCCCO. The Morgan fingerprint density at radius 2 is 0.565 bits per heavy atom. The van der Waals surface area contributed by atoms with Gasteiger partial charge in [-0.2, -0.15) is 0 Å². The summed E-state index contributed by atoms with van der Waals surface area (Å²) in [6, 6.07) is 0. The van der Waals surface area contributed by atoms with Gasteiger partial charge in [0.05, 0.1) is 0 Å². The summed E-state index contributed by atoms with van der Waals surface area (Å²) >= 11 is 0. The lowest BCUT2D eigenvalue weighted by Crippen LogP contribution is -1.84. The number of unbranched alkanes of at least 4 members (excludes halogenated alkanes) is 15. The Labute approximate surface area is 147 Å². The van der Waals surface area contributed by atoms with Gasteiger partial charge < -0.3 is 10.2 Å². The van der Waals surface area contributed by atoms with Crippen molar-refractivity contribution in [2.75, 3.05) is 13.2 Å². The fourth-order valence-corrected chi connectivity index (χ4v) is 2.67. The summed E-state index contributed by atoms with van der Waals surface area (Å²) in [7, 11) is 0. The monoisotopic (exact) mass is 330 g/mol. The molecule has 2 N–H and O–H groups in total. The molecule has 0 radical (unpaired) electrons. The highest BCUT2D eigenvalue weighted by Crippen LogP contribution is 2.10. The van der Waals surface area contributed by atoms with Gasteiger partial charge in [0, 0.05) is 13.2 Å². The third-order valence-electron chi connectivity index (χ3n) is 4.27. The predicted molar refractivity (Wildman–Crippen MR) is 104 cm³/mol. The number of aliphatic hydroxyl groups is 2. The van der Waals surface area contributed by atoms with Crippen LogP contribution < -0.4 is 0 Å². The van der Waals surface area contributed by atoms with E-state index in [1.807, 2.05) is 0 Å². The molecule has 0 aliphatic rings. The molecule has 0 aromatic heterocycles. The largest absolute Gasteiger partial charge is 0.396 e. The van der Waals surface area contributed by atoms with Crippen molar-refractivity contribution in [2.24, 2.45) is 0 Å². The van der Waals surface area contributed by atoms with Crippen LogP contribution in [0.2, 0.25) is 0 Å². The van der Waals surface area contributed by atoms with Crippen LogP contribution in [0, 0.1) is 0 Å². The normalized spacial score (nSPS) is 10.4. The summed E-state index contributed by atoms with van der Waals surface area (Å²) in [5, 5.41) is 17.0. The van der Waals surface area contributed by atoms with Crippen molar-refractivity contribution in [3.05, 3.63) is 0 Å². The lowest BCUT2D eigenvalue weighted by atomic mass is 10.1. The van der Waals surface area contributed by atoms with Crippen LogP contribution in [-0.2, 0) is 0 Å². The summed E-state index contributed by atoms with van der Waals surface area (Å²) in [6.45, 7) is 5.22. The van der Waals surface area contributed by atoms with E-state index in [1.54, 1.807) is 0 Å². The molecule has 23 heavy (non-hydrogen) atoms. The van der Waals surface area contributed by atoms with E-state index >= 15 is 0 Å². The van der Waals surface area contributed by atoms with Gasteiger partial charge in [0.1, 0.15) is 0 Å². The Hall–Kier alpha value is -0.0800. The predicted octanol–water partition coefficient (Wildman–Crippen LogP) is 6.63. The Balaban J connectivity index is 0. The Kier molecular flexibility index (Phi) is 29.3. The molecule has 0 amide bonds. The summed E-state index contributed by atoms with van der Waals surface area (Å²) in [5.41, 5.74) is 0. The lowest BCUT2D eigenvalue weighted by molar-refractivity contribution is 0.282. The molecule has 0 aromatic carbocycles. The van der Waals surface area contributed by atoms with Crippen LogP contribution in [0.25, 0.3) is 0 Å². The second-order valence-corrected chi connectivity index (χ2v) is 6.75. The van der Waals surface area contributed by atoms with E-state index in [9.17, 15) is 0 Å². The van der Waals surface area contributed by atoms with Gasteiger partial charge in [-0.05, 0) is 12.8 Å². The fourth-order valence-electron chi connectivity index (χ4n) is 2.67. The standard InChI is InChI=1S/C13H28O.C8H18O/c1-2-3-4-5-6-7-8-9-10-11-12-13-14;1-2-3-4-5-6-7-8-9/h14H,2-13H2,1H3;9H,2-8H2,1H3. The van der Waals surface area contributed by atoms with Crippen LogP contribution in [0.5, 0.6) is 0 Å². The molecule has 0 rings (SSSR count). The van der Waals surface area contributed by atoms with E-state index in [0.717, 1.165) is 12.8 Å². The molecule has 2 nitrogen and oxygen atoms in total. The zero-order valence-electron chi connectivity index (χ0n) is 16.3. The van der Waals surface area contributed by atoms with Crippen molar-refractivity contribution in [1.29, 1.82) is 0 Å². The third-order valence-corrected chi connectivity index (χ3v) is 4.27. The fraction of sp³-hybridized carbons (Fsp3) is 1.00. The molecule has 0 heterocycles. The van der Waals surface area contributed by atoms with Gasteiger partial charge in [0.15, 0.2) is 0 Å². The lowest BCUT2D eigenvalue weighted by Gasteiger charge is -2.01. The molecule has 0 aliphatic carbocycles. The van der Waals surface area contributed by atoms with Gasteiger partial charge in [-0.15, -0.1) is 0 Å². The minimum atomic E-state index is 0.367. The maximum atomic E-state index is 8.59. The van der Waals surface area contributed by atoms with Crippen molar-refractivity contribution in [1.82, 2.24) is 0 Å². The summed E-state index contributed by atoms with van der Waals surface area (Å²) in [6.07, 6.45) is 22.3. The third kappa shape index (κ3) is 30.4. The van der Waals surface area contributed by atoms with E-state index in [2.05, 4.69) is 13.8 Å². The summed E-state index contributed by atoms with van der Waals surface area (Å²) in [5.74, 6) is 0. The van der Waals surface area contributed by atoms with Crippen molar-refractivity contribution in [2.45, 2.75) is 123 Å². The van der Waals surface area contributed by atoms with Crippen molar-refractivity contribution in [3.8, 4) is 0 Å². The number of hydrogen-bond acceptors (Lipinski definition) is 2. The second kappa shape index (κ2) is 26.8. The van der Waals surface area contributed by atoms with Gasteiger partial charge in [-0.25, -0.2) is 0 Å². The van der Waals surface area contributed by atoms with Crippen molar-refractivity contribution < 1.29 is 10.2 Å². The van der Waals surface area contributed by atoms with Crippen LogP contribution in [0.1, 0.15) is 123 Å². The topological polar surface area (TPSA) is 40.5 Å². The molecular formula is C21H46O2. The molecule has 0 saturated heterocycles. The highest BCUT2D eigenvalue weighted by atomic mass is 16.3. The maximum absolute atomic E-state index is 8.59. The van der Waals surface area contributed by atoms with E-state index < -0.39 is 0 Å². The zero-order valence-corrected chi connectivity index (χ0v) is 16.3. The Morgan fingerprint density at radius 3 is 0.783 bits per heavy atom. The van der Waals surface area contributed by atoms with E-state index in [4.69, 9.17) is 10.2 Å². The average molecular weight is 331 g/mol. The van der Waals surface area contributed by atoms with Gasteiger partial charge in [0.2, 0.25) is 0 Å². The van der Waals surface area contributed by atoms with Crippen LogP contribution >= 0.6 is 0 Å². The highest BCUT2D eigenvalue weighted by Gasteiger charge is 1.92. The van der Waals surface area contributed by atoms with Crippen LogP contribution in [0.4, 0.5) is 0 Å². The Morgan fingerprint density at radius 1 is 0.348 bits per heavy atom. The van der Waals surface area contributed by atoms with Crippen molar-refractivity contribution in [3.63, 3.8) is 0 Å². The van der Waals surface area contributed by atoms with Gasteiger partial charge in [-0.3, -0.25) is 0 Å². The smallest absolute Gasteiger partial charge is 0.0431 e. The summed E-state index contributed by atoms with van der Waals surface area (Å²) < 4.78 is 0. The second-order valence-electron chi connectivity index (χ2n) is 6.75. The summed E-state index contributed by atoms with van der Waals surface area (Å²) in [4.78, 5) is 0. The van der Waals surface area contributed by atoms with Crippen LogP contribution in [0.15, 0.2) is 0 Å². The molecule has 0 spiro atoms. The maximum Gasteiger partial charge on any atom is 0.0431 e. The quantitative estimate of drug-likeness (QED) is 0.294. The number of rotatable bonds is 17. The Bertz CT molecular complexity index is 153. The molecular weight excluding hydrogens is 284 g/mol. The van der Waals surface area contributed by atoms with Crippen LogP contribution in [0.3, 0.4) is 0 Å². The minimum Gasteiger partial charge on any atom is -0.396 e.